The van der Waals surface area contributed by atoms with Crippen molar-refractivity contribution >= 4 is 41.8 Å². The highest BCUT2D eigenvalue weighted by Crippen LogP contribution is 2.35. The summed E-state index contributed by atoms with van der Waals surface area (Å²) in [5, 5.41) is 3.56. The molecule has 0 spiro atoms. The number of azide groups is 1. The lowest BCUT2D eigenvalue weighted by Gasteiger charge is -2.48. The Bertz CT molecular complexity index is 1220. The lowest BCUT2D eigenvalue weighted by Crippen LogP contribution is -2.66. The minimum absolute atomic E-state index is 0.584. The van der Waals surface area contributed by atoms with Gasteiger partial charge in [-0.1, -0.05) is 5.11 Å². The molecule has 0 bridgehead atoms. The lowest BCUT2D eigenvalue weighted by atomic mass is 9.95. The van der Waals surface area contributed by atoms with Gasteiger partial charge in [-0.25, -0.2) is 0 Å². The minimum Gasteiger partial charge on any atom is -0.463 e. The Labute approximate surface area is 261 Å². The van der Waals surface area contributed by atoms with E-state index in [4.69, 9.17) is 47.4 Å². The van der Waals surface area contributed by atoms with Crippen LogP contribution in [0.5, 0.6) is 0 Å². The SMILES string of the molecule is CC(=O)OC[C@H]1O[C@@H](O[C@H]2[C@H](OC(C)=O)[C@H](N=[N+]=[N-])[C@H](OC(C)=O)O[C@@H]2COC(C)=O)[C@H](OC(C)=O)[C@@H](OC(C)=O)[C@H]1OC(C)=O. The van der Waals surface area contributed by atoms with Gasteiger partial charge in [-0.3, -0.25) is 33.6 Å². The highest BCUT2D eigenvalue weighted by molar-refractivity contribution is 5.69. The molecule has 0 saturated carbocycles. The molecule has 0 unspecified atom stereocenters. The van der Waals surface area contributed by atoms with Crippen LogP contribution in [0.15, 0.2) is 5.11 Å². The van der Waals surface area contributed by atoms with Crippen LogP contribution >= 0.6 is 0 Å². The summed E-state index contributed by atoms with van der Waals surface area (Å²) in [7, 11) is 0. The van der Waals surface area contributed by atoms with Crippen LogP contribution in [0.2, 0.25) is 0 Å². The lowest BCUT2D eigenvalue weighted by molar-refractivity contribution is -0.347. The zero-order chi connectivity index (χ0) is 34.7. The molecule has 2 aliphatic rings. The molecule has 0 aromatic heterocycles. The number of hydrogen-bond acceptors (Lipinski definition) is 18. The molecule has 20 nitrogen and oxygen atoms in total. The van der Waals surface area contributed by atoms with Gasteiger partial charge in [-0.15, -0.1) is 0 Å². The standard InChI is InChI=1S/C26H35N3O17/c1-10(30)37-8-17-20(22(40-13(4)33)19(28-29-27)25(44-17)43-16(7)36)46-26-24(42-15(6)35)23(41-14(5)34)21(39-12(3)32)18(45-26)9-38-11(2)31/h17-26H,8-9H2,1-7H3/t17-,18-,19+,20-,21+,22-,23+,24-,25-,26+/m1/s1. The third-order valence-corrected chi connectivity index (χ3v) is 6.07. The van der Waals surface area contributed by atoms with Crippen LogP contribution in [0.1, 0.15) is 48.5 Å². The van der Waals surface area contributed by atoms with Crippen LogP contribution in [-0.2, 0) is 80.9 Å². The first-order chi connectivity index (χ1) is 21.5. The van der Waals surface area contributed by atoms with Gasteiger partial charge in [0.25, 0.3) is 0 Å². The number of esters is 7. The molecule has 0 aromatic rings. The van der Waals surface area contributed by atoms with Crippen LogP contribution in [0.4, 0.5) is 0 Å². The van der Waals surface area contributed by atoms with E-state index in [0.29, 0.717) is 0 Å². The van der Waals surface area contributed by atoms with Gasteiger partial charge in [0.1, 0.15) is 43.7 Å². The Morgan fingerprint density at radius 1 is 0.543 bits per heavy atom. The topological polar surface area (TPSA) is 261 Å². The molecule has 0 amide bonds. The largest absolute Gasteiger partial charge is 0.463 e. The molecule has 20 heteroatoms. The van der Waals surface area contributed by atoms with E-state index in [-0.39, 0.29) is 0 Å². The molecule has 2 heterocycles. The Hall–Kier alpha value is -4.52. The quantitative estimate of drug-likeness (QED) is 0.0870. The van der Waals surface area contributed by atoms with Gasteiger partial charge in [-0.05, 0) is 5.53 Å². The molecule has 10 atom stereocenters. The predicted molar refractivity (Wildman–Crippen MR) is 142 cm³/mol. The van der Waals surface area contributed by atoms with Crippen molar-refractivity contribution in [1.82, 2.24) is 0 Å². The van der Waals surface area contributed by atoms with E-state index in [1.807, 2.05) is 0 Å². The summed E-state index contributed by atoms with van der Waals surface area (Å²) >= 11 is 0. The molecular weight excluding hydrogens is 626 g/mol. The summed E-state index contributed by atoms with van der Waals surface area (Å²) in [6.07, 6.45) is -14.5. The fourth-order valence-electron chi connectivity index (χ4n) is 4.61. The van der Waals surface area contributed by atoms with Crippen molar-refractivity contribution in [2.45, 2.75) is 110 Å². The van der Waals surface area contributed by atoms with E-state index < -0.39 is 116 Å². The van der Waals surface area contributed by atoms with Gasteiger partial charge >= 0.3 is 41.8 Å². The first-order valence-electron chi connectivity index (χ1n) is 13.7. The Morgan fingerprint density at radius 2 is 0.957 bits per heavy atom. The average Bonchev–Trinajstić information content (AvgIpc) is 2.91. The predicted octanol–water partition coefficient (Wildman–Crippen LogP) is -0.0836. The maximum atomic E-state index is 12.2. The van der Waals surface area contributed by atoms with E-state index in [9.17, 15) is 39.1 Å². The number of rotatable bonds is 12. The molecule has 0 aliphatic carbocycles. The summed E-state index contributed by atoms with van der Waals surface area (Å²) in [6, 6.07) is -1.60. The van der Waals surface area contributed by atoms with E-state index in [1.165, 1.54) is 0 Å². The van der Waals surface area contributed by atoms with Crippen molar-refractivity contribution in [3.63, 3.8) is 0 Å². The summed E-state index contributed by atoms with van der Waals surface area (Å²) in [6.45, 7) is 6.06. The Kier molecular flexibility index (Phi) is 14.1. The zero-order valence-corrected chi connectivity index (χ0v) is 26.0. The molecule has 2 rings (SSSR count). The van der Waals surface area contributed by atoms with Gasteiger partial charge in [-0.2, -0.15) is 0 Å². The normalized spacial score (nSPS) is 30.3. The van der Waals surface area contributed by atoms with Crippen molar-refractivity contribution in [3.8, 4) is 0 Å². The van der Waals surface area contributed by atoms with Crippen molar-refractivity contribution in [2.24, 2.45) is 5.11 Å². The van der Waals surface area contributed by atoms with Gasteiger partial charge in [0.05, 0.1) is 0 Å². The second kappa shape index (κ2) is 17.2. The van der Waals surface area contributed by atoms with E-state index in [0.717, 1.165) is 48.5 Å². The van der Waals surface area contributed by atoms with Crippen LogP contribution < -0.4 is 0 Å². The van der Waals surface area contributed by atoms with E-state index in [1.54, 1.807) is 0 Å². The first kappa shape index (κ1) is 37.7. The number of carbonyl (C=O) groups is 7. The summed E-state index contributed by atoms with van der Waals surface area (Å²) in [5.74, 6) is -6.06. The second-order valence-electron chi connectivity index (χ2n) is 9.89. The Balaban J connectivity index is 2.72. The van der Waals surface area contributed by atoms with Crippen molar-refractivity contribution < 1.29 is 80.9 Å². The maximum Gasteiger partial charge on any atom is 0.304 e. The molecule has 0 N–H and O–H groups in total. The molecule has 2 saturated heterocycles. The summed E-state index contributed by atoms with van der Waals surface area (Å²) in [4.78, 5) is 86.6. The number of hydrogen-bond donors (Lipinski definition) is 0. The second-order valence-corrected chi connectivity index (χ2v) is 9.89. The molecule has 256 valence electrons. The van der Waals surface area contributed by atoms with Crippen LogP contribution in [0, 0.1) is 0 Å². The third-order valence-electron chi connectivity index (χ3n) is 6.07. The first-order valence-corrected chi connectivity index (χ1v) is 13.7. The van der Waals surface area contributed by atoms with Gasteiger partial charge in [0, 0.05) is 53.4 Å². The highest BCUT2D eigenvalue weighted by Gasteiger charge is 2.57. The van der Waals surface area contributed by atoms with Gasteiger partial charge in [0.15, 0.2) is 24.6 Å². The molecule has 2 fully saturated rings. The van der Waals surface area contributed by atoms with Crippen molar-refractivity contribution in [1.29, 1.82) is 0 Å². The number of carbonyl (C=O) groups excluding carboxylic acids is 7. The monoisotopic (exact) mass is 661 g/mol. The molecule has 0 radical (unpaired) electrons. The summed E-state index contributed by atoms with van der Waals surface area (Å²) in [5.41, 5.74) is 9.27. The van der Waals surface area contributed by atoms with Gasteiger partial charge < -0.3 is 47.4 Å². The zero-order valence-electron chi connectivity index (χ0n) is 26.0. The number of ether oxygens (including phenoxy) is 10. The van der Waals surface area contributed by atoms with Gasteiger partial charge in [0.2, 0.25) is 6.29 Å². The van der Waals surface area contributed by atoms with E-state index >= 15 is 0 Å². The smallest absolute Gasteiger partial charge is 0.304 e. The van der Waals surface area contributed by atoms with E-state index in [2.05, 4.69) is 10.0 Å². The van der Waals surface area contributed by atoms with Crippen LogP contribution in [0.3, 0.4) is 0 Å². The molecule has 2 aliphatic heterocycles. The Morgan fingerprint density at radius 3 is 1.41 bits per heavy atom. The van der Waals surface area contributed by atoms with Crippen molar-refractivity contribution in [2.75, 3.05) is 13.2 Å². The third kappa shape index (κ3) is 11.1. The number of nitrogens with zero attached hydrogens (tertiary/aromatic N) is 3. The molecule has 0 aromatic carbocycles. The van der Waals surface area contributed by atoms with Crippen LogP contribution in [-0.4, -0.2) is 116 Å². The van der Waals surface area contributed by atoms with Crippen molar-refractivity contribution in [3.05, 3.63) is 10.4 Å². The minimum atomic E-state index is -1.82. The van der Waals surface area contributed by atoms with Crippen LogP contribution in [0.25, 0.3) is 10.4 Å². The summed E-state index contributed by atoms with van der Waals surface area (Å²) < 4.78 is 54.7. The fourth-order valence-corrected chi connectivity index (χ4v) is 4.61. The maximum absolute atomic E-state index is 12.2. The fraction of sp³-hybridized carbons (Fsp3) is 0.731. The molecular formula is C26H35N3O17. The highest BCUT2D eigenvalue weighted by atomic mass is 16.8. The average molecular weight is 662 g/mol. The molecule has 46 heavy (non-hydrogen) atoms.